The Morgan fingerprint density at radius 2 is 0.839 bits per heavy atom. The van der Waals surface area contributed by atoms with E-state index in [1.54, 1.807) is 9.80 Å². The fourth-order valence-corrected chi connectivity index (χ4v) is 11.5. The third-order valence-electron chi connectivity index (χ3n) is 16.0. The molecule has 5 amide bonds. The van der Waals surface area contributed by atoms with Gasteiger partial charge in [-0.25, -0.2) is 49.5 Å². The molecule has 93 heavy (non-hydrogen) atoms. The molecule has 6 aliphatic rings. The van der Waals surface area contributed by atoms with Gasteiger partial charge in [-0.15, -0.1) is 12.4 Å². The predicted octanol–water partition coefficient (Wildman–Crippen LogP) is 9.53. The molecular formula is C63H84ClF8N11O10. The molecule has 3 heterocycles. The van der Waals surface area contributed by atoms with E-state index in [4.69, 9.17) is 26.0 Å². The van der Waals surface area contributed by atoms with Gasteiger partial charge in [-0.1, -0.05) is 0 Å². The zero-order valence-electron chi connectivity index (χ0n) is 53.6. The Balaban J connectivity index is 0.000000254. The first-order valence-electron chi connectivity index (χ1n) is 29.6. The number of carboxylic acids is 1. The van der Waals surface area contributed by atoms with Crippen LogP contribution in [0.15, 0.2) is 48.5 Å². The number of Topliss-reactive ketones (excluding diaryl/α,β-unsaturated/α-hetero) is 1. The molecule has 0 radical (unpaired) electrons. The fraction of sp³-hybridized carbons (Fsp3) is 0.508. The van der Waals surface area contributed by atoms with Crippen LogP contribution in [0.5, 0.6) is 0 Å². The van der Waals surface area contributed by atoms with E-state index in [1.807, 2.05) is 41.5 Å². The highest BCUT2D eigenvalue weighted by Gasteiger charge is 2.51. The molecule has 0 atom stereocenters. The summed E-state index contributed by atoms with van der Waals surface area (Å²) in [6.07, 6.45) is 6.95. The van der Waals surface area contributed by atoms with Crippen molar-refractivity contribution in [3.8, 4) is 0 Å². The normalized spacial score (nSPS) is 20.2. The molecule has 4 aromatic rings. The van der Waals surface area contributed by atoms with Gasteiger partial charge in [0, 0.05) is 101 Å². The van der Waals surface area contributed by atoms with Crippen molar-refractivity contribution in [2.75, 3.05) is 89.6 Å². The first kappa shape index (κ1) is 77.3. The summed E-state index contributed by atoms with van der Waals surface area (Å²) in [5.74, 6) is -9.69. The number of nitrogens with zero attached hydrogens (tertiary/aromatic N) is 2. The Morgan fingerprint density at radius 1 is 0.527 bits per heavy atom. The molecule has 6 fully saturated rings. The van der Waals surface area contributed by atoms with Gasteiger partial charge in [-0.05, 0) is 159 Å². The molecular weight excluding hydrogens is 1260 g/mol. The van der Waals surface area contributed by atoms with Gasteiger partial charge in [0.05, 0.1) is 5.56 Å². The number of halogens is 9. The molecule has 10 rings (SSSR count). The average Bonchev–Trinajstić information content (AvgIpc) is 1.71. The lowest BCUT2D eigenvalue weighted by Gasteiger charge is -2.45. The number of carbonyl (C=O) groups excluding carboxylic acids is 6. The quantitative estimate of drug-likeness (QED) is 0.0580. The predicted molar refractivity (Wildman–Crippen MR) is 336 cm³/mol. The van der Waals surface area contributed by atoms with Gasteiger partial charge < -0.3 is 73.5 Å². The van der Waals surface area contributed by atoms with Crippen LogP contribution < -0.4 is 49.1 Å². The van der Waals surface area contributed by atoms with Crippen molar-refractivity contribution in [2.24, 2.45) is 22.0 Å². The van der Waals surface area contributed by atoms with Crippen molar-refractivity contribution in [2.45, 2.75) is 123 Å². The van der Waals surface area contributed by atoms with Crippen LogP contribution in [-0.2, 0) is 14.3 Å². The van der Waals surface area contributed by atoms with Crippen molar-refractivity contribution < 1.29 is 83.3 Å². The lowest BCUT2D eigenvalue weighted by molar-refractivity contribution is -0.132. The van der Waals surface area contributed by atoms with Crippen LogP contribution in [-0.4, -0.2) is 147 Å². The number of nitrogens with one attached hydrogen (secondary N) is 6. The van der Waals surface area contributed by atoms with Crippen molar-refractivity contribution >= 4 is 76.8 Å². The van der Waals surface area contributed by atoms with E-state index in [0.29, 0.717) is 55.8 Å². The highest BCUT2D eigenvalue weighted by Crippen LogP contribution is 2.50. The van der Waals surface area contributed by atoms with Gasteiger partial charge in [-0.2, -0.15) is 0 Å². The van der Waals surface area contributed by atoms with Gasteiger partial charge in [-0.3, -0.25) is 19.2 Å². The number of hydrogen-bond donors (Lipinski definition) is 10. The number of benzene rings is 4. The molecule has 0 unspecified atom stereocenters. The maximum absolute atomic E-state index is 14.3. The lowest BCUT2D eigenvalue weighted by atomic mass is 9.65. The van der Waals surface area contributed by atoms with Crippen LogP contribution in [0.25, 0.3) is 0 Å². The number of hydrogen-bond acceptors (Lipinski definition) is 15. The van der Waals surface area contributed by atoms with E-state index in [0.717, 1.165) is 101 Å². The highest BCUT2D eigenvalue weighted by molar-refractivity contribution is 5.95. The van der Waals surface area contributed by atoms with Crippen LogP contribution in [0, 0.1) is 62.8 Å². The number of carboxylic acid groups (broad SMARTS) is 1. The van der Waals surface area contributed by atoms with Crippen LogP contribution in [0.1, 0.15) is 141 Å². The van der Waals surface area contributed by atoms with E-state index in [2.05, 4.69) is 37.6 Å². The molecule has 514 valence electrons. The zero-order valence-corrected chi connectivity index (χ0v) is 54.4. The van der Waals surface area contributed by atoms with Crippen LogP contribution in [0.3, 0.4) is 0 Å². The van der Waals surface area contributed by atoms with Gasteiger partial charge >= 0.3 is 18.2 Å². The maximum Gasteiger partial charge on any atom is 0.410 e. The second-order valence-corrected chi connectivity index (χ2v) is 25.5. The number of rotatable bonds is 8. The Labute approximate surface area is 540 Å². The minimum atomic E-state index is -1.40. The largest absolute Gasteiger partial charge is 0.478 e. The average molecular weight is 1340 g/mol. The third-order valence-corrected chi connectivity index (χ3v) is 16.0. The molecule has 21 nitrogen and oxygen atoms in total. The minimum absolute atomic E-state index is 0. The summed E-state index contributed by atoms with van der Waals surface area (Å²) < 4.78 is 118. The first-order valence-corrected chi connectivity index (χ1v) is 29.6. The second-order valence-electron chi connectivity index (χ2n) is 25.5. The molecule has 3 spiro atoms. The number of likely N-dealkylation sites (tertiary alicyclic amines) is 2. The van der Waals surface area contributed by atoms with Gasteiger partial charge in [0.1, 0.15) is 86.3 Å². The summed E-state index contributed by atoms with van der Waals surface area (Å²) in [6, 6.07) is 7.31. The monoisotopic (exact) mass is 1340 g/mol. The fourth-order valence-electron chi connectivity index (χ4n) is 11.5. The SMILES string of the molecule is CC(C)(C)OC(=O)N1CCC2(CC(=O)C2)C1.CN.CNC(=O)c1cc(F)c(N)c(F)c1.CNC(=O)c1cc(F)c(NC2CC3(CCN(C(=O)OC(C)(C)C)C3)C2)c(F)c1.CNC(=O)c1cc(F)c(NC2CC3(CCNC3)C2)c(F)c1.Cl.Nc1c(F)cc(C(=O)O)cc1F. The number of aromatic carboxylic acids is 1. The Hall–Kier alpha value is -8.18. The zero-order chi connectivity index (χ0) is 69.0. The van der Waals surface area contributed by atoms with Crippen LogP contribution >= 0.6 is 12.4 Å². The van der Waals surface area contributed by atoms with E-state index >= 15 is 0 Å². The van der Waals surface area contributed by atoms with Crippen molar-refractivity contribution in [3.63, 3.8) is 0 Å². The van der Waals surface area contributed by atoms with Gasteiger partial charge in [0.25, 0.3) is 17.7 Å². The molecule has 3 saturated carbocycles. The molecule has 0 bridgehead atoms. The summed E-state index contributed by atoms with van der Waals surface area (Å²) in [5.41, 5.74) is 11.6. The molecule has 3 aliphatic heterocycles. The number of carbonyl (C=O) groups is 7. The minimum Gasteiger partial charge on any atom is -0.478 e. The number of ketones is 1. The molecule has 4 aromatic carbocycles. The highest BCUT2D eigenvalue weighted by atomic mass is 35.5. The molecule has 30 heteroatoms. The van der Waals surface area contributed by atoms with Gasteiger partial charge in [0.15, 0.2) is 0 Å². The number of ether oxygens (including phenoxy) is 2. The number of amides is 5. The van der Waals surface area contributed by atoms with Crippen LogP contribution in [0.2, 0.25) is 0 Å². The van der Waals surface area contributed by atoms with E-state index in [-0.39, 0.29) is 75.6 Å². The number of nitrogens with two attached hydrogens (primary N) is 3. The smallest absolute Gasteiger partial charge is 0.410 e. The summed E-state index contributed by atoms with van der Waals surface area (Å²) in [5, 5.41) is 24.5. The Morgan fingerprint density at radius 3 is 1.14 bits per heavy atom. The maximum atomic E-state index is 14.3. The second kappa shape index (κ2) is 32.1. The molecule has 0 aromatic heterocycles. The number of anilines is 4. The Bertz CT molecular complexity index is 3270. The van der Waals surface area contributed by atoms with E-state index in [1.165, 1.54) is 28.2 Å². The summed E-state index contributed by atoms with van der Waals surface area (Å²) >= 11 is 0. The van der Waals surface area contributed by atoms with Crippen molar-refractivity contribution in [3.05, 3.63) is 117 Å². The molecule has 3 saturated heterocycles. The summed E-state index contributed by atoms with van der Waals surface area (Å²) in [7, 11) is 5.70. The first-order chi connectivity index (χ1) is 42.9. The molecule has 13 N–H and O–H groups in total. The lowest BCUT2D eigenvalue weighted by Crippen LogP contribution is -2.48. The van der Waals surface area contributed by atoms with Gasteiger partial charge in [0.2, 0.25) is 0 Å². The van der Waals surface area contributed by atoms with E-state index in [9.17, 15) is 68.7 Å². The molecule has 3 aliphatic carbocycles. The van der Waals surface area contributed by atoms with E-state index < -0.39 is 98.4 Å². The Kier molecular flexibility index (Phi) is 26.7. The number of nitrogen functional groups attached to an aromatic ring is 2. The van der Waals surface area contributed by atoms with Crippen molar-refractivity contribution in [1.82, 2.24) is 31.1 Å². The summed E-state index contributed by atoms with van der Waals surface area (Å²) in [4.78, 5) is 82.6. The third kappa shape index (κ3) is 20.7. The van der Waals surface area contributed by atoms with Crippen LogP contribution in [0.4, 0.5) is 67.5 Å². The van der Waals surface area contributed by atoms with Crippen molar-refractivity contribution in [1.29, 1.82) is 0 Å². The summed E-state index contributed by atoms with van der Waals surface area (Å²) in [6.45, 7) is 15.7. The topological polar surface area (TPSA) is 315 Å². The standard InChI is InChI=1S/C20H27F2N3O3.C15H19F2N3O.C12H19NO3.C8H8F2N2O.C7H5F2NO2.CH5N.ClH/c1-19(2,3)28-18(27)25-6-5-20(11-25)9-13(10-20)24-16-14(21)7-12(8-15(16)22)17(26)23-4;1-18-14(21)9-4-11(16)13(12(17)5-9)20-10-6-15(7-10)2-3-19-8-15;1-11(2,3)16-10(15)13-5-4-12(8-13)6-9(14)7-12;1-12-8(13)4-2-5(9)7(11)6(10)3-4;8-4-1-3(7(11)12)2-5(9)6(4)10;1-2;/h7-8,13,24H,5-6,9-11H2,1-4H3,(H,23,26);4-5,10,19-20H,2-3,6-8H2,1H3,(H,18,21);4-8H2,1-3H3;2-3H,11H2,1H3,(H,12,13);1-2H,10H2,(H,11,12);2H2,1H3;1H.